The van der Waals surface area contributed by atoms with Crippen molar-refractivity contribution in [2.75, 3.05) is 0 Å². The minimum Gasteiger partial charge on any atom is -0.314 e. The molecule has 3 rings (SSSR count). The lowest BCUT2D eigenvalue weighted by molar-refractivity contribution is 0.678. The number of rotatable bonds is 8. The van der Waals surface area contributed by atoms with Crippen molar-refractivity contribution >= 4 is 11.6 Å². The van der Waals surface area contributed by atoms with Gasteiger partial charge >= 0.3 is 0 Å². The van der Waals surface area contributed by atoms with Gasteiger partial charge in [0.1, 0.15) is 11.0 Å². The van der Waals surface area contributed by atoms with Crippen molar-refractivity contribution in [2.45, 2.75) is 39.3 Å². The van der Waals surface area contributed by atoms with Gasteiger partial charge in [0.15, 0.2) is 0 Å². The van der Waals surface area contributed by atoms with E-state index in [4.69, 9.17) is 17.1 Å². The van der Waals surface area contributed by atoms with Crippen LogP contribution in [0.15, 0.2) is 53.6 Å². The summed E-state index contributed by atoms with van der Waals surface area (Å²) in [5, 5.41) is 13.4. The number of nitrogens with zero attached hydrogens (tertiary/aromatic N) is 6. The third-order valence-electron chi connectivity index (χ3n) is 4.74. The predicted molar refractivity (Wildman–Crippen MR) is 114 cm³/mol. The largest absolute Gasteiger partial charge is 0.314 e. The normalized spacial score (nSPS) is 10.4. The minimum atomic E-state index is 0.144. The van der Waals surface area contributed by atoms with Crippen LogP contribution in [0.5, 0.6) is 0 Å². The molecule has 6 nitrogen and oxygen atoms in total. The summed E-state index contributed by atoms with van der Waals surface area (Å²) in [7, 11) is 0. The predicted octanol–water partition coefficient (Wildman–Crippen LogP) is 6.28. The first-order valence-corrected chi connectivity index (χ1v) is 9.88. The highest BCUT2D eigenvalue weighted by atomic mass is 35.5. The maximum absolute atomic E-state index is 9.32. The van der Waals surface area contributed by atoms with Gasteiger partial charge in [-0.25, -0.2) is 4.98 Å². The molecule has 146 valence electrons. The monoisotopic (exact) mass is 404 g/mol. The van der Waals surface area contributed by atoms with Crippen molar-refractivity contribution in [3.05, 3.63) is 86.8 Å². The number of aromatic nitrogens is 2. The van der Waals surface area contributed by atoms with Crippen LogP contribution in [0.1, 0.15) is 42.4 Å². The molecule has 1 heterocycles. The van der Waals surface area contributed by atoms with E-state index in [-0.39, 0.29) is 6.54 Å². The lowest BCUT2D eigenvalue weighted by atomic mass is 9.99. The summed E-state index contributed by atoms with van der Waals surface area (Å²) in [4.78, 5) is 7.40. The fourth-order valence-electron chi connectivity index (χ4n) is 3.22. The topological polar surface area (TPSA) is 90.4 Å². The molecule has 0 fully saturated rings. The molecule has 0 atom stereocenters. The Morgan fingerprint density at radius 3 is 2.66 bits per heavy atom. The Kier molecular flexibility index (Phi) is 6.91. The lowest BCUT2D eigenvalue weighted by Crippen LogP contribution is -2.05. The number of unbranched alkanes of at least 4 members (excludes halogenated alkanes) is 1. The molecule has 29 heavy (non-hydrogen) atoms. The van der Waals surface area contributed by atoms with Crippen LogP contribution in [0.4, 0.5) is 0 Å². The standard InChI is InChI=1S/C22H21ClN6/c1-2-3-8-21-27-20(14-26-28-25)22(23)29(21)15-16-9-11-17(12-10-16)19-7-5-4-6-18(19)13-24/h4-7,9-12H,2-3,8,14-15H2,1H3. The molecular formula is C22H21ClN6. The maximum atomic E-state index is 9.32. The van der Waals surface area contributed by atoms with E-state index in [1.807, 2.05) is 53.1 Å². The molecule has 0 N–H and O–H groups in total. The van der Waals surface area contributed by atoms with E-state index in [9.17, 15) is 5.26 Å². The van der Waals surface area contributed by atoms with E-state index < -0.39 is 0 Å². The second kappa shape index (κ2) is 9.79. The highest BCUT2D eigenvalue weighted by Crippen LogP contribution is 2.26. The van der Waals surface area contributed by atoms with Crippen LogP contribution >= 0.6 is 11.6 Å². The van der Waals surface area contributed by atoms with Gasteiger partial charge in [-0.3, -0.25) is 0 Å². The van der Waals surface area contributed by atoms with Crippen LogP contribution in [0, 0.1) is 11.3 Å². The number of benzene rings is 2. The molecule has 0 amide bonds. The van der Waals surface area contributed by atoms with Gasteiger partial charge in [0, 0.05) is 11.3 Å². The van der Waals surface area contributed by atoms with Crippen molar-refractivity contribution in [3.8, 4) is 17.2 Å². The smallest absolute Gasteiger partial charge is 0.132 e. The molecule has 1 aromatic heterocycles. The Hall–Kier alpha value is -3.26. The lowest BCUT2D eigenvalue weighted by Gasteiger charge is -2.11. The number of azide groups is 1. The van der Waals surface area contributed by atoms with Gasteiger partial charge in [0.2, 0.25) is 0 Å². The van der Waals surface area contributed by atoms with Crippen LogP contribution in [0.25, 0.3) is 21.6 Å². The molecule has 2 aromatic carbocycles. The molecule has 0 spiro atoms. The number of nitriles is 1. The molecule has 3 aromatic rings. The van der Waals surface area contributed by atoms with Gasteiger partial charge in [0.25, 0.3) is 0 Å². The summed E-state index contributed by atoms with van der Waals surface area (Å²) in [5.41, 5.74) is 12.8. The average molecular weight is 405 g/mol. The average Bonchev–Trinajstić information content (AvgIpc) is 3.05. The van der Waals surface area contributed by atoms with Crippen LogP contribution in [-0.4, -0.2) is 9.55 Å². The molecular weight excluding hydrogens is 384 g/mol. The number of hydrogen-bond acceptors (Lipinski definition) is 3. The summed E-state index contributed by atoms with van der Waals surface area (Å²) in [5.74, 6) is 0.902. The van der Waals surface area contributed by atoms with E-state index in [2.05, 4.69) is 28.0 Å². The van der Waals surface area contributed by atoms with E-state index in [0.29, 0.717) is 23.0 Å². The van der Waals surface area contributed by atoms with Crippen molar-refractivity contribution in [1.82, 2.24) is 9.55 Å². The molecule has 0 saturated carbocycles. The Morgan fingerprint density at radius 1 is 1.21 bits per heavy atom. The Bertz CT molecular complexity index is 1070. The van der Waals surface area contributed by atoms with E-state index in [1.54, 1.807) is 0 Å². The maximum Gasteiger partial charge on any atom is 0.132 e. The van der Waals surface area contributed by atoms with Gasteiger partial charge in [-0.1, -0.05) is 72.5 Å². The summed E-state index contributed by atoms with van der Waals surface area (Å²) >= 11 is 6.54. The van der Waals surface area contributed by atoms with Gasteiger partial charge < -0.3 is 4.57 Å². The highest BCUT2D eigenvalue weighted by molar-refractivity contribution is 6.30. The molecule has 0 aliphatic heterocycles. The molecule has 0 unspecified atom stereocenters. The molecule has 7 heteroatoms. The van der Waals surface area contributed by atoms with Crippen LogP contribution in [0.3, 0.4) is 0 Å². The van der Waals surface area contributed by atoms with Crippen LogP contribution < -0.4 is 0 Å². The zero-order chi connectivity index (χ0) is 20.6. The van der Waals surface area contributed by atoms with Gasteiger partial charge in [-0.2, -0.15) is 5.26 Å². The minimum absolute atomic E-state index is 0.144. The van der Waals surface area contributed by atoms with Crippen LogP contribution in [-0.2, 0) is 19.5 Å². The fourth-order valence-corrected chi connectivity index (χ4v) is 3.48. The van der Waals surface area contributed by atoms with E-state index in [0.717, 1.165) is 41.8 Å². The third kappa shape index (κ3) is 4.78. The van der Waals surface area contributed by atoms with Crippen LogP contribution in [0.2, 0.25) is 5.15 Å². The molecule has 0 aliphatic carbocycles. The number of imidazole rings is 1. The summed E-state index contributed by atoms with van der Waals surface area (Å²) in [6.45, 7) is 2.86. The second-order valence-corrected chi connectivity index (χ2v) is 7.06. The Morgan fingerprint density at radius 2 is 1.97 bits per heavy atom. The van der Waals surface area contributed by atoms with E-state index in [1.165, 1.54) is 0 Å². The number of halogens is 1. The molecule has 0 saturated heterocycles. The van der Waals surface area contributed by atoms with Crippen molar-refractivity contribution < 1.29 is 0 Å². The summed E-state index contributed by atoms with van der Waals surface area (Å²) in [6, 6.07) is 17.9. The first-order valence-electron chi connectivity index (χ1n) is 9.51. The van der Waals surface area contributed by atoms with Gasteiger partial charge in [-0.05, 0) is 34.7 Å². The first-order chi connectivity index (χ1) is 14.2. The number of aryl methyl sites for hydroxylation is 1. The summed E-state index contributed by atoms with van der Waals surface area (Å²) < 4.78 is 1.98. The van der Waals surface area contributed by atoms with Crippen molar-refractivity contribution in [3.63, 3.8) is 0 Å². The highest BCUT2D eigenvalue weighted by Gasteiger charge is 2.15. The first kappa shape index (κ1) is 20.5. The fraction of sp³-hybridized carbons (Fsp3) is 0.273. The van der Waals surface area contributed by atoms with Crippen molar-refractivity contribution in [2.24, 2.45) is 5.11 Å². The SMILES string of the molecule is CCCCc1nc(CN=[N+]=[N-])c(Cl)n1Cc1ccc(-c2ccccc2C#N)cc1. The summed E-state index contributed by atoms with van der Waals surface area (Å²) in [6.07, 6.45) is 2.89. The quantitative estimate of drug-likeness (QED) is 0.251. The Balaban J connectivity index is 1.88. The molecule has 0 bridgehead atoms. The zero-order valence-electron chi connectivity index (χ0n) is 16.2. The Labute approximate surface area is 175 Å². The van der Waals surface area contributed by atoms with Crippen molar-refractivity contribution in [1.29, 1.82) is 5.26 Å². The van der Waals surface area contributed by atoms with Gasteiger partial charge in [0.05, 0.1) is 30.4 Å². The third-order valence-corrected chi connectivity index (χ3v) is 5.16. The zero-order valence-corrected chi connectivity index (χ0v) is 17.0. The van der Waals surface area contributed by atoms with Gasteiger partial charge in [-0.15, -0.1) is 0 Å². The molecule has 0 aliphatic rings. The number of hydrogen-bond donors (Lipinski definition) is 0. The second-order valence-electron chi connectivity index (χ2n) is 6.70. The molecule has 0 radical (unpaired) electrons. The van der Waals surface area contributed by atoms with E-state index >= 15 is 0 Å².